The first-order valence-electron chi connectivity index (χ1n) is 6.74. The number of aromatic hydroxyl groups is 1. The number of aromatic nitrogens is 1. The van der Waals surface area contributed by atoms with E-state index >= 15 is 0 Å². The van der Waals surface area contributed by atoms with E-state index in [0.717, 1.165) is 5.46 Å². The Bertz CT molecular complexity index is 653. The lowest BCUT2D eigenvalue weighted by molar-refractivity contribution is 0.00578. The van der Waals surface area contributed by atoms with Gasteiger partial charge in [-0.1, -0.05) is 6.07 Å². The molecular formula is C15H18BNO3. The normalized spacial score (nSPS) is 20.5. The summed E-state index contributed by atoms with van der Waals surface area (Å²) in [6, 6.07) is 7.11. The summed E-state index contributed by atoms with van der Waals surface area (Å²) in [5.41, 5.74) is 0.774. The van der Waals surface area contributed by atoms with Crippen molar-refractivity contribution in [3.63, 3.8) is 0 Å². The van der Waals surface area contributed by atoms with Crippen LogP contribution in [0, 0.1) is 0 Å². The van der Waals surface area contributed by atoms with Crippen LogP contribution in [-0.4, -0.2) is 28.4 Å². The van der Waals surface area contributed by atoms with Gasteiger partial charge >= 0.3 is 7.12 Å². The van der Waals surface area contributed by atoms with E-state index < -0.39 is 18.3 Å². The summed E-state index contributed by atoms with van der Waals surface area (Å²) >= 11 is 0. The van der Waals surface area contributed by atoms with Crippen LogP contribution in [-0.2, 0) is 9.31 Å². The van der Waals surface area contributed by atoms with Crippen molar-refractivity contribution in [3.05, 3.63) is 30.5 Å². The van der Waals surface area contributed by atoms with Gasteiger partial charge in [-0.15, -0.1) is 0 Å². The van der Waals surface area contributed by atoms with Gasteiger partial charge in [0.2, 0.25) is 0 Å². The Labute approximate surface area is 118 Å². The molecule has 1 aromatic heterocycles. The highest BCUT2D eigenvalue weighted by molar-refractivity contribution is 6.65. The number of hydrogen-bond acceptors (Lipinski definition) is 4. The van der Waals surface area contributed by atoms with Crippen molar-refractivity contribution >= 4 is 23.5 Å². The first-order valence-corrected chi connectivity index (χ1v) is 6.74. The molecule has 2 heterocycles. The number of benzene rings is 1. The van der Waals surface area contributed by atoms with Crippen LogP contribution in [0.5, 0.6) is 5.75 Å². The lowest BCUT2D eigenvalue weighted by Crippen LogP contribution is -2.41. The highest BCUT2D eigenvalue weighted by Crippen LogP contribution is 2.37. The predicted molar refractivity (Wildman–Crippen MR) is 79.1 cm³/mol. The Morgan fingerprint density at radius 1 is 1.05 bits per heavy atom. The Hall–Kier alpha value is -1.59. The molecule has 3 rings (SSSR count). The van der Waals surface area contributed by atoms with Crippen molar-refractivity contribution < 1.29 is 14.4 Å². The number of fused-ring (bicyclic) bond motifs is 1. The van der Waals surface area contributed by atoms with Crippen LogP contribution in [0.15, 0.2) is 30.5 Å². The summed E-state index contributed by atoms with van der Waals surface area (Å²) < 4.78 is 12.1. The third kappa shape index (κ3) is 1.89. The molecule has 0 spiro atoms. The van der Waals surface area contributed by atoms with Crippen LogP contribution in [0.25, 0.3) is 10.9 Å². The molecular weight excluding hydrogens is 253 g/mol. The lowest BCUT2D eigenvalue weighted by Gasteiger charge is -2.32. The van der Waals surface area contributed by atoms with Gasteiger partial charge in [-0.05, 0) is 45.9 Å². The molecule has 104 valence electrons. The number of hydrogen-bond donors (Lipinski definition) is 1. The molecule has 0 aliphatic carbocycles. The van der Waals surface area contributed by atoms with E-state index in [2.05, 4.69) is 4.98 Å². The highest BCUT2D eigenvalue weighted by atomic mass is 16.7. The molecule has 20 heavy (non-hydrogen) atoms. The van der Waals surface area contributed by atoms with E-state index in [9.17, 15) is 5.11 Å². The van der Waals surface area contributed by atoms with Crippen molar-refractivity contribution in [2.45, 2.75) is 38.9 Å². The van der Waals surface area contributed by atoms with Crippen molar-refractivity contribution in [2.75, 3.05) is 0 Å². The van der Waals surface area contributed by atoms with E-state index in [1.807, 2.05) is 39.8 Å². The Balaban J connectivity index is 2.11. The minimum Gasteiger partial charge on any atom is -0.507 e. The summed E-state index contributed by atoms with van der Waals surface area (Å²) in [4.78, 5) is 4.36. The van der Waals surface area contributed by atoms with Crippen LogP contribution >= 0.6 is 0 Å². The molecule has 1 fully saturated rings. The third-order valence-corrected chi connectivity index (χ3v) is 4.29. The van der Waals surface area contributed by atoms with Gasteiger partial charge in [0.1, 0.15) is 5.75 Å². The fourth-order valence-corrected chi connectivity index (χ4v) is 2.34. The van der Waals surface area contributed by atoms with Crippen molar-refractivity contribution in [1.29, 1.82) is 0 Å². The van der Waals surface area contributed by atoms with Crippen LogP contribution in [0.2, 0.25) is 0 Å². The molecule has 1 aliphatic rings. The molecule has 1 aromatic carbocycles. The topological polar surface area (TPSA) is 51.6 Å². The maximum absolute atomic E-state index is 9.92. The van der Waals surface area contributed by atoms with Gasteiger partial charge in [0.05, 0.1) is 16.7 Å². The first kappa shape index (κ1) is 13.4. The fourth-order valence-electron chi connectivity index (χ4n) is 2.34. The van der Waals surface area contributed by atoms with Crippen LogP contribution in [0.4, 0.5) is 0 Å². The van der Waals surface area contributed by atoms with Crippen LogP contribution in [0.1, 0.15) is 27.7 Å². The van der Waals surface area contributed by atoms with E-state index in [1.165, 1.54) is 0 Å². The number of nitrogens with zero attached hydrogens (tertiary/aromatic N) is 1. The standard InChI is InChI=1S/C15H18BNO3/c1-14(2)15(3,4)20-16(19-14)11-7-8-12(18)10-6-5-9-17-13(10)11/h5-9,18H,1-4H3. The second-order valence-corrected chi connectivity index (χ2v) is 6.16. The van der Waals surface area contributed by atoms with E-state index in [0.29, 0.717) is 10.9 Å². The van der Waals surface area contributed by atoms with Gasteiger partial charge < -0.3 is 14.4 Å². The molecule has 0 unspecified atom stereocenters. The summed E-state index contributed by atoms with van der Waals surface area (Å²) in [6.07, 6.45) is 1.70. The van der Waals surface area contributed by atoms with Gasteiger partial charge in [-0.2, -0.15) is 0 Å². The van der Waals surface area contributed by atoms with Crippen molar-refractivity contribution in [1.82, 2.24) is 4.98 Å². The Morgan fingerprint density at radius 2 is 1.70 bits per heavy atom. The molecule has 1 saturated heterocycles. The largest absolute Gasteiger partial charge is 0.507 e. The average molecular weight is 271 g/mol. The molecule has 0 amide bonds. The van der Waals surface area contributed by atoms with Gasteiger partial charge in [-0.3, -0.25) is 4.98 Å². The zero-order chi connectivity index (χ0) is 14.5. The molecule has 0 saturated carbocycles. The molecule has 0 atom stereocenters. The number of pyridine rings is 1. The quantitative estimate of drug-likeness (QED) is 0.808. The first-order chi connectivity index (χ1) is 9.32. The predicted octanol–water partition coefficient (Wildman–Crippen LogP) is 2.24. The Morgan fingerprint density at radius 3 is 2.35 bits per heavy atom. The van der Waals surface area contributed by atoms with E-state index in [-0.39, 0.29) is 5.75 Å². The average Bonchev–Trinajstić information content (AvgIpc) is 2.59. The minimum absolute atomic E-state index is 0.216. The number of rotatable bonds is 1. The zero-order valence-corrected chi connectivity index (χ0v) is 12.2. The molecule has 0 radical (unpaired) electrons. The second-order valence-electron chi connectivity index (χ2n) is 6.16. The fraction of sp³-hybridized carbons (Fsp3) is 0.400. The summed E-state index contributed by atoms with van der Waals surface area (Å²) in [7, 11) is -0.474. The molecule has 5 heteroatoms. The molecule has 0 bridgehead atoms. The van der Waals surface area contributed by atoms with Crippen LogP contribution in [0.3, 0.4) is 0 Å². The molecule has 2 aromatic rings. The maximum atomic E-state index is 9.92. The van der Waals surface area contributed by atoms with Gasteiger partial charge in [-0.25, -0.2) is 0 Å². The number of phenols is 1. The smallest absolute Gasteiger partial charge is 0.497 e. The maximum Gasteiger partial charge on any atom is 0.497 e. The second kappa shape index (κ2) is 4.20. The molecule has 1 N–H and O–H groups in total. The minimum atomic E-state index is -0.474. The highest BCUT2D eigenvalue weighted by Gasteiger charge is 2.52. The van der Waals surface area contributed by atoms with Gasteiger partial charge in [0.25, 0.3) is 0 Å². The van der Waals surface area contributed by atoms with Crippen LogP contribution < -0.4 is 5.46 Å². The van der Waals surface area contributed by atoms with Gasteiger partial charge in [0, 0.05) is 17.0 Å². The lowest BCUT2D eigenvalue weighted by atomic mass is 9.77. The van der Waals surface area contributed by atoms with E-state index in [4.69, 9.17) is 9.31 Å². The monoisotopic (exact) mass is 271 g/mol. The molecule has 4 nitrogen and oxygen atoms in total. The summed E-state index contributed by atoms with van der Waals surface area (Å²) in [6.45, 7) is 8.07. The summed E-state index contributed by atoms with van der Waals surface area (Å²) in [5, 5.41) is 10.6. The molecule has 1 aliphatic heterocycles. The third-order valence-electron chi connectivity index (χ3n) is 4.29. The summed E-state index contributed by atoms with van der Waals surface area (Å²) in [5.74, 6) is 0.216. The zero-order valence-electron chi connectivity index (χ0n) is 12.2. The SMILES string of the molecule is CC1(C)OB(c2ccc(O)c3cccnc23)OC1(C)C. The Kier molecular flexibility index (Phi) is 2.82. The van der Waals surface area contributed by atoms with Crippen molar-refractivity contribution in [3.8, 4) is 5.75 Å². The van der Waals surface area contributed by atoms with E-state index in [1.54, 1.807) is 18.3 Å². The number of phenolic OH excluding ortho intramolecular Hbond substituents is 1. The van der Waals surface area contributed by atoms with Crippen molar-refractivity contribution in [2.24, 2.45) is 0 Å². The van der Waals surface area contributed by atoms with Gasteiger partial charge in [0.15, 0.2) is 0 Å².